The number of hydrogen-bond donors (Lipinski definition) is 1. The average molecular weight is 112 g/mol. The number of ketones is 1. The fourth-order valence-electron chi connectivity index (χ4n) is 0.365. The number of rotatable bonds is 3. The van der Waals surface area contributed by atoms with Crippen LogP contribution in [-0.2, 0) is 4.79 Å². The summed E-state index contributed by atoms with van der Waals surface area (Å²) < 4.78 is 0. The third-order valence-corrected chi connectivity index (χ3v) is 0.705. The fourth-order valence-corrected chi connectivity index (χ4v) is 0.365. The Balaban J connectivity index is 3.33. The maximum Gasteiger partial charge on any atom is 0.157 e. The second kappa shape index (κ2) is 4.37. The number of carbonyl (C=O) groups excluding carboxylic acids is 1. The van der Waals surface area contributed by atoms with Gasteiger partial charge in [0.1, 0.15) is 0 Å². The average Bonchev–Trinajstić information content (AvgIpc) is 1.68. The van der Waals surface area contributed by atoms with Crippen molar-refractivity contribution in [2.75, 3.05) is 0 Å². The largest absolute Gasteiger partial charge is 0.404 e. The molecule has 1 radical (unpaired) electrons. The molecule has 0 aliphatic heterocycles. The molecule has 0 saturated heterocycles. The van der Waals surface area contributed by atoms with E-state index in [-0.39, 0.29) is 5.78 Å². The Labute approximate surface area is 49.4 Å². The summed E-state index contributed by atoms with van der Waals surface area (Å²) in [6, 6.07) is 0. The zero-order valence-electron chi connectivity index (χ0n) is 4.76. The van der Waals surface area contributed by atoms with Crippen LogP contribution in [0, 0.1) is 6.92 Å². The molecule has 45 valence electrons. The van der Waals surface area contributed by atoms with Crippen molar-refractivity contribution in [3.05, 3.63) is 19.2 Å². The van der Waals surface area contributed by atoms with Crippen LogP contribution in [0.5, 0.6) is 0 Å². The van der Waals surface area contributed by atoms with E-state index in [2.05, 4.69) is 6.92 Å². The summed E-state index contributed by atoms with van der Waals surface area (Å²) in [7, 11) is 0. The topological polar surface area (TPSA) is 43.1 Å². The van der Waals surface area contributed by atoms with Crippen molar-refractivity contribution in [3.8, 4) is 0 Å². The summed E-state index contributed by atoms with van der Waals surface area (Å²) in [6.07, 6.45) is 3.74. The predicted molar refractivity (Wildman–Crippen MR) is 32.9 cm³/mol. The van der Waals surface area contributed by atoms with Crippen molar-refractivity contribution in [3.63, 3.8) is 0 Å². The first kappa shape index (κ1) is 7.21. The lowest BCUT2D eigenvalue weighted by molar-refractivity contribution is -0.114. The summed E-state index contributed by atoms with van der Waals surface area (Å²) in [4.78, 5) is 10.4. The molecule has 2 nitrogen and oxygen atoms in total. The minimum Gasteiger partial charge on any atom is -0.404 e. The number of hydrogen-bond acceptors (Lipinski definition) is 2. The molecule has 0 rings (SSSR count). The van der Waals surface area contributed by atoms with Crippen molar-refractivity contribution in [1.29, 1.82) is 0 Å². The van der Waals surface area contributed by atoms with E-state index in [1.807, 2.05) is 0 Å². The lowest BCUT2D eigenvalue weighted by atomic mass is 10.2. The van der Waals surface area contributed by atoms with E-state index in [9.17, 15) is 4.79 Å². The first-order valence-corrected chi connectivity index (χ1v) is 2.51. The SMILES string of the molecule is [CH2]CCC(=O)C=CN. The Kier molecular flexibility index (Phi) is 3.94. The molecule has 0 amide bonds. The van der Waals surface area contributed by atoms with Gasteiger partial charge in [0.25, 0.3) is 0 Å². The molecule has 0 aliphatic carbocycles. The van der Waals surface area contributed by atoms with Crippen molar-refractivity contribution in [2.45, 2.75) is 12.8 Å². The highest BCUT2D eigenvalue weighted by atomic mass is 16.1. The fraction of sp³-hybridized carbons (Fsp3) is 0.333. The minimum absolute atomic E-state index is 0.0440. The predicted octanol–water partition coefficient (Wildman–Crippen LogP) is 0.642. The van der Waals surface area contributed by atoms with Crippen LogP contribution >= 0.6 is 0 Å². The second-order valence-electron chi connectivity index (χ2n) is 1.43. The highest BCUT2D eigenvalue weighted by Crippen LogP contribution is 1.87. The van der Waals surface area contributed by atoms with Crippen LogP contribution in [-0.4, -0.2) is 5.78 Å². The van der Waals surface area contributed by atoms with E-state index in [0.717, 1.165) is 0 Å². The number of carbonyl (C=O) groups is 1. The number of nitrogens with two attached hydrogens (primary N) is 1. The summed E-state index contributed by atoms with van der Waals surface area (Å²) in [5, 5.41) is 0. The Hall–Kier alpha value is -0.790. The van der Waals surface area contributed by atoms with Gasteiger partial charge in [0.05, 0.1) is 0 Å². The lowest BCUT2D eigenvalue weighted by Crippen LogP contribution is -1.91. The van der Waals surface area contributed by atoms with E-state index < -0.39 is 0 Å². The van der Waals surface area contributed by atoms with Crippen molar-refractivity contribution in [1.82, 2.24) is 0 Å². The molecule has 0 heterocycles. The molecule has 0 spiro atoms. The van der Waals surface area contributed by atoms with E-state index in [1.54, 1.807) is 0 Å². The molecule has 2 heteroatoms. The van der Waals surface area contributed by atoms with Crippen LogP contribution in [0.1, 0.15) is 12.8 Å². The van der Waals surface area contributed by atoms with Gasteiger partial charge in [-0.1, -0.05) is 6.92 Å². The first-order chi connectivity index (χ1) is 3.81. The normalized spacial score (nSPS) is 10.1. The molecule has 0 unspecified atom stereocenters. The smallest absolute Gasteiger partial charge is 0.157 e. The third-order valence-electron chi connectivity index (χ3n) is 0.705. The van der Waals surface area contributed by atoms with E-state index in [4.69, 9.17) is 5.73 Å². The zero-order valence-corrected chi connectivity index (χ0v) is 4.76. The summed E-state index contributed by atoms with van der Waals surface area (Å²) in [5.41, 5.74) is 4.94. The third kappa shape index (κ3) is 3.40. The molecule has 0 atom stereocenters. The molecular weight excluding hydrogens is 102 g/mol. The zero-order chi connectivity index (χ0) is 6.41. The lowest BCUT2D eigenvalue weighted by Gasteiger charge is -1.84. The Morgan fingerprint density at radius 1 is 1.75 bits per heavy atom. The van der Waals surface area contributed by atoms with Crippen LogP contribution in [0.3, 0.4) is 0 Å². The Morgan fingerprint density at radius 2 is 2.38 bits per heavy atom. The van der Waals surface area contributed by atoms with Gasteiger partial charge in [-0.15, -0.1) is 0 Å². The van der Waals surface area contributed by atoms with Crippen LogP contribution < -0.4 is 5.73 Å². The van der Waals surface area contributed by atoms with Gasteiger partial charge in [-0.2, -0.15) is 0 Å². The summed E-state index contributed by atoms with van der Waals surface area (Å²) in [5.74, 6) is 0.0440. The monoisotopic (exact) mass is 112 g/mol. The van der Waals surface area contributed by atoms with Crippen molar-refractivity contribution >= 4 is 5.78 Å². The molecule has 0 aromatic rings. The minimum atomic E-state index is 0.0440. The van der Waals surface area contributed by atoms with Crippen molar-refractivity contribution < 1.29 is 4.79 Å². The summed E-state index contributed by atoms with van der Waals surface area (Å²) in [6.45, 7) is 3.51. The Morgan fingerprint density at radius 3 is 2.75 bits per heavy atom. The molecule has 8 heavy (non-hydrogen) atoms. The standard InChI is InChI=1S/C6H10NO/c1-2-3-6(8)4-5-7/h4-5H,1-3,7H2. The Bertz CT molecular complexity index is 96.7. The molecular formula is C6H10NO. The van der Waals surface area contributed by atoms with Gasteiger partial charge in [0, 0.05) is 6.42 Å². The van der Waals surface area contributed by atoms with Gasteiger partial charge < -0.3 is 5.73 Å². The second-order valence-corrected chi connectivity index (χ2v) is 1.43. The molecule has 0 saturated carbocycles. The molecule has 0 bridgehead atoms. The van der Waals surface area contributed by atoms with Gasteiger partial charge in [-0.05, 0) is 18.7 Å². The summed E-state index contributed by atoms with van der Waals surface area (Å²) >= 11 is 0. The van der Waals surface area contributed by atoms with E-state index >= 15 is 0 Å². The highest BCUT2D eigenvalue weighted by molar-refractivity contribution is 5.89. The molecule has 0 aromatic heterocycles. The van der Waals surface area contributed by atoms with Gasteiger partial charge in [0.2, 0.25) is 0 Å². The first-order valence-electron chi connectivity index (χ1n) is 2.51. The molecule has 0 aliphatic rings. The maximum atomic E-state index is 10.4. The van der Waals surface area contributed by atoms with Crippen LogP contribution in [0.15, 0.2) is 12.3 Å². The van der Waals surface area contributed by atoms with Crippen LogP contribution in [0.25, 0.3) is 0 Å². The maximum absolute atomic E-state index is 10.4. The quantitative estimate of drug-likeness (QED) is 0.544. The number of allylic oxidation sites excluding steroid dienone is 1. The van der Waals surface area contributed by atoms with Crippen molar-refractivity contribution in [2.24, 2.45) is 5.73 Å². The van der Waals surface area contributed by atoms with E-state index in [0.29, 0.717) is 12.8 Å². The van der Waals surface area contributed by atoms with E-state index in [1.165, 1.54) is 12.3 Å². The highest BCUT2D eigenvalue weighted by Gasteiger charge is 1.89. The van der Waals surface area contributed by atoms with Gasteiger partial charge in [-0.3, -0.25) is 4.79 Å². The van der Waals surface area contributed by atoms with Crippen LogP contribution in [0.4, 0.5) is 0 Å². The van der Waals surface area contributed by atoms with Crippen LogP contribution in [0.2, 0.25) is 0 Å². The molecule has 2 N–H and O–H groups in total. The molecule has 0 aromatic carbocycles. The van der Waals surface area contributed by atoms with Gasteiger partial charge >= 0.3 is 0 Å². The molecule has 0 fully saturated rings. The van der Waals surface area contributed by atoms with Gasteiger partial charge in [0.15, 0.2) is 5.78 Å². The van der Waals surface area contributed by atoms with Gasteiger partial charge in [-0.25, -0.2) is 0 Å².